The van der Waals surface area contributed by atoms with Crippen LogP contribution in [0.5, 0.6) is 17.4 Å². The van der Waals surface area contributed by atoms with Gasteiger partial charge < -0.3 is 36.4 Å². The molecule has 194 valence electrons. The molecule has 0 radical (unpaired) electrons. The molecule has 4 heterocycles. The van der Waals surface area contributed by atoms with Gasteiger partial charge in [-0.2, -0.15) is 9.61 Å². The molecule has 4 aromatic rings. The summed E-state index contributed by atoms with van der Waals surface area (Å²) in [4.78, 5) is 32.3. The number of amides is 1. The molecule has 1 fully saturated rings. The second-order valence-electron chi connectivity index (χ2n) is 8.07. The van der Waals surface area contributed by atoms with Crippen LogP contribution in [0, 0.1) is 0 Å². The van der Waals surface area contributed by atoms with Crippen LogP contribution in [0.15, 0.2) is 41.5 Å². The third kappa shape index (κ3) is 4.81. The Morgan fingerprint density at radius 1 is 1.22 bits per heavy atom. The molecule has 0 aromatic carbocycles. The van der Waals surface area contributed by atoms with E-state index in [1.807, 2.05) is 0 Å². The van der Waals surface area contributed by atoms with E-state index in [9.17, 15) is 24.9 Å². The van der Waals surface area contributed by atoms with Crippen molar-refractivity contribution in [2.24, 2.45) is 5.73 Å². The van der Waals surface area contributed by atoms with Gasteiger partial charge in [0.1, 0.15) is 28.7 Å². The molecular weight excluding hydrogens is 484 g/mol. The predicted octanol–water partition coefficient (Wildman–Crippen LogP) is 1.46. The van der Waals surface area contributed by atoms with Crippen molar-refractivity contribution in [3.8, 4) is 23.2 Å². The minimum absolute atomic E-state index is 0.00878. The van der Waals surface area contributed by atoms with Gasteiger partial charge in [-0.3, -0.25) is 9.59 Å². The highest BCUT2D eigenvalue weighted by Gasteiger charge is 2.24. The zero-order valence-electron chi connectivity index (χ0n) is 20.0. The fraction of sp³-hybridized carbons (Fsp3) is 0.261. The summed E-state index contributed by atoms with van der Waals surface area (Å²) in [6.07, 6.45) is 7.20. The molecule has 0 aliphatic heterocycles. The molecule has 1 saturated carbocycles. The van der Waals surface area contributed by atoms with Gasteiger partial charge in [-0.25, -0.2) is 14.5 Å². The van der Waals surface area contributed by atoms with Gasteiger partial charge in [-0.05, 0) is 31.4 Å². The van der Waals surface area contributed by atoms with Gasteiger partial charge in [0.05, 0.1) is 12.3 Å². The Bertz CT molecular complexity index is 1490. The maximum absolute atomic E-state index is 12.4. The number of pyridine rings is 2. The van der Waals surface area contributed by atoms with Crippen molar-refractivity contribution in [3.05, 3.63) is 52.6 Å². The highest BCUT2D eigenvalue weighted by molar-refractivity contribution is 5.99. The van der Waals surface area contributed by atoms with Gasteiger partial charge >= 0.3 is 5.56 Å². The molecule has 14 heteroatoms. The zero-order valence-corrected chi connectivity index (χ0v) is 20.0. The lowest BCUT2D eigenvalue weighted by atomic mass is 9.96. The van der Waals surface area contributed by atoms with Crippen molar-refractivity contribution < 1.29 is 24.9 Å². The Kier molecular flexibility index (Phi) is 7.11. The van der Waals surface area contributed by atoms with Gasteiger partial charge in [-0.15, -0.1) is 0 Å². The lowest BCUT2D eigenvalue weighted by Gasteiger charge is -2.22. The fourth-order valence-electron chi connectivity index (χ4n) is 3.57. The Morgan fingerprint density at radius 2 is 1.97 bits per heavy atom. The molecule has 0 atom stereocenters. The molecule has 37 heavy (non-hydrogen) atoms. The van der Waals surface area contributed by atoms with Gasteiger partial charge in [0.25, 0.3) is 5.91 Å². The average molecular weight is 511 g/mol. The van der Waals surface area contributed by atoms with E-state index in [0.717, 1.165) is 0 Å². The van der Waals surface area contributed by atoms with Crippen molar-refractivity contribution in [1.29, 1.82) is 0 Å². The van der Waals surface area contributed by atoms with Gasteiger partial charge in [-0.1, -0.05) is 6.07 Å². The van der Waals surface area contributed by atoms with E-state index in [-0.39, 0.29) is 22.8 Å². The number of aromatic hydroxyl groups is 3. The Hall–Kier alpha value is -4.85. The number of primary amides is 1. The number of ether oxygens (including phenoxy) is 1. The highest BCUT2D eigenvalue weighted by atomic mass is 16.5. The van der Waals surface area contributed by atoms with E-state index in [2.05, 4.69) is 25.7 Å². The molecule has 0 spiro atoms. The van der Waals surface area contributed by atoms with Crippen LogP contribution >= 0.6 is 0 Å². The van der Waals surface area contributed by atoms with Crippen molar-refractivity contribution >= 4 is 28.9 Å². The Labute approximate surface area is 210 Å². The number of anilines is 3. The number of aromatic nitrogens is 5. The Balaban J connectivity index is 0.000000469. The first-order chi connectivity index (χ1) is 17.8. The predicted molar refractivity (Wildman–Crippen MR) is 134 cm³/mol. The topological polar surface area (TPSA) is 202 Å². The number of nitrogens with one attached hydrogen (secondary N) is 2. The second-order valence-corrected chi connectivity index (χ2v) is 8.07. The summed E-state index contributed by atoms with van der Waals surface area (Å²) in [7, 11) is 3.38. The maximum Gasteiger partial charge on any atom is 0.305 e. The van der Waals surface area contributed by atoms with Gasteiger partial charge in [0, 0.05) is 26.4 Å². The van der Waals surface area contributed by atoms with Crippen LogP contribution in [-0.2, 0) is 4.74 Å². The number of rotatable bonds is 6. The monoisotopic (exact) mass is 510 g/mol. The number of carbonyl (C=O) groups excluding carboxylic acids is 1. The van der Waals surface area contributed by atoms with Gasteiger partial charge in [0.2, 0.25) is 11.6 Å². The molecule has 0 saturated heterocycles. The molecule has 4 aromatic heterocycles. The number of nitrogens with two attached hydrogens (primary N) is 1. The summed E-state index contributed by atoms with van der Waals surface area (Å²) < 4.78 is 7.03. The SMILES string of the molecule is CNc1cc(Nc2c(O)c(O)c(=O)n(-c3ccccn3)c2O)nc2c(C(N)=O)cnn12.COC1CCC1. The van der Waals surface area contributed by atoms with Gasteiger partial charge in [0.15, 0.2) is 11.4 Å². The first kappa shape index (κ1) is 25.2. The zero-order chi connectivity index (χ0) is 26.7. The normalized spacial score (nSPS) is 12.9. The molecule has 0 bridgehead atoms. The van der Waals surface area contributed by atoms with Crippen LogP contribution in [0.2, 0.25) is 0 Å². The Morgan fingerprint density at radius 3 is 2.51 bits per heavy atom. The number of fused-ring (bicyclic) bond motifs is 1. The van der Waals surface area contributed by atoms with Crippen molar-refractivity contribution in [1.82, 2.24) is 24.1 Å². The smallest absolute Gasteiger partial charge is 0.305 e. The molecular formula is C23H26N8O6. The fourth-order valence-corrected chi connectivity index (χ4v) is 3.57. The second kappa shape index (κ2) is 10.4. The minimum Gasteiger partial charge on any atom is -0.503 e. The third-order valence-corrected chi connectivity index (χ3v) is 5.81. The van der Waals surface area contributed by atoms with Crippen LogP contribution in [-0.4, -0.2) is 65.6 Å². The van der Waals surface area contributed by atoms with E-state index < -0.39 is 34.5 Å². The van der Waals surface area contributed by atoms with E-state index in [1.54, 1.807) is 26.3 Å². The summed E-state index contributed by atoms with van der Waals surface area (Å²) in [5.41, 5.74) is 4.00. The molecule has 7 N–H and O–H groups in total. The van der Waals surface area contributed by atoms with E-state index in [0.29, 0.717) is 16.5 Å². The first-order valence-corrected chi connectivity index (χ1v) is 11.2. The highest BCUT2D eigenvalue weighted by Crippen LogP contribution is 2.40. The third-order valence-electron chi connectivity index (χ3n) is 5.81. The van der Waals surface area contributed by atoms with E-state index in [4.69, 9.17) is 10.5 Å². The van der Waals surface area contributed by atoms with Crippen LogP contribution in [0.1, 0.15) is 29.6 Å². The summed E-state index contributed by atoms with van der Waals surface area (Å²) >= 11 is 0. The first-order valence-electron chi connectivity index (χ1n) is 11.2. The van der Waals surface area contributed by atoms with Crippen LogP contribution in [0.25, 0.3) is 11.5 Å². The number of methoxy groups -OCH3 is 1. The van der Waals surface area contributed by atoms with Crippen molar-refractivity contribution in [2.75, 3.05) is 24.8 Å². The number of hydrogen-bond acceptors (Lipinski definition) is 11. The van der Waals surface area contributed by atoms with Crippen molar-refractivity contribution in [2.45, 2.75) is 25.4 Å². The van der Waals surface area contributed by atoms with Crippen molar-refractivity contribution in [3.63, 3.8) is 0 Å². The summed E-state index contributed by atoms with van der Waals surface area (Å²) in [5.74, 6) is -2.95. The molecule has 1 aliphatic carbocycles. The lowest BCUT2D eigenvalue weighted by molar-refractivity contribution is 0.0412. The number of hydrogen-bond donors (Lipinski definition) is 6. The average Bonchev–Trinajstić information content (AvgIpc) is 3.30. The van der Waals surface area contributed by atoms with E-state index in [1.165, 1.54) is 48.3 Å². The molecule has 14 nitrogen and oxygen atoms in total. The minimum atomic E-state index is -1.08. The van der Waals surface area contributed by atoms with Crippen LogP contribution < -0.4 is 21.9 Å². The maximum atomic E-state index is 12.4. The van der Waals surface area contributed by atoms with E-state index >= 15 is 0 Å². The van der Waals surface area contributed by atoms with Crippen LogP contribution in [0.3, 0.4) is 0 Å². The standard InChI is InChI=1S/C18H16N8O5.C5H10O/c1-20-11-6-9(24-16-8(15(19)29)7-22-26(11)16)23-12-13(27)14(28)18(31)25(17(12)30)10-4-2-3-5-21-10;1-6-5-3-2-4-5/h2-7,20,27-28,30H,1H3,(H2,19,29)(H,23,24);5H,2-4H2,1H3. The molecule has 1 amide bonds. The van der Waals surface area contributed by atoms with Crippen LogP contribution in [0.4, 0.5) is 17.3 Å². The number of nitrogens with zero attached hydrogens (tertiary/aromatic N) is 5. The summed E-state index contributed by atoms with van der Waals surface area (Å²) in [6, 6.07) is 6.06. The quantitative estimate of drug-likeness (QED) is 0.219. The molecule has 1 aliphatic rings. The largest absolute Gasteiger partial charge is 0.503 e. The molecule has 5 rings (SSSR count). The lowest BCUT2D eigenvalue weighted by Crippen LogP contribution is -2.20. The summed E-state index contributed by atoms with van der Waals surface area (Å²) in [5, 5.41) is 40.7. The number of carbonyl (C=O) groups is 1. The molecule has 0 unspecified atom stereocenters. The summed E-state index contributed by atoms with van der Waals surface area (Å²) in [6.45, 7) is 0.